The molecule has 1 amide bonds. The molecular weight excluding hydrogens is 587 g/mol. The van der Waals surface area contributed by atoms with Gasteiger partial charge in [-0.1, -0.05) is 55.2 Å². The third-order valence-corrected chi connectivity index (χ3v) is 8.07. The number of halogens is 4. The third kappa shape index (κ3) is 6.31. The lowest BCUT2D eigenvalue weighted by Gasteiger charge is -2.38. The molecule has 4 N–H and O–H groups in total. The molecule has 1 aliphatic rings. The molecule has 0 spiro atoms. The summed E-state index contributed by atoms with van der Waals surface area (Å²) in [4.78, 5) is 13.9. The van der Waals surface area contributed by atoms with Crippen molar-refractivity contribution in [2.45, 2.75) is 69.7 Å². The molecule has 1 fully saturated rings. The summed E-state index contributed by atoms with van der Waals surface area (Å²) in [5.74, 6) is -3.39. The fourth-order valence-electron chi connectivity index (χ4n) is 5.68. The van der Waals surface area contributed by atoms with E-state index in [1.54, 1.807) is 33.9 Å². The van der Waals surface area contributed by atoms with Crippen LogP contribution in [0.5, 0.6) is 0 Å². The van der Waals surface area contributed by atoms with E-state index in [4.69, 9.17) is 23.2 Å². The van der Waals surface area contributed by atoms with Crippen LogP contribution >= 0.6 is 23.2 Å². The Morgan fingerprint density at radius 1 is 1.21 bits per heavy atom. The summed E-state index contributed by atoms with van der Waals surface area (Å²) >= 11 is 12.2. The number of aromatic nitrogens is 2. The Bertz CT molecular complexity index is 1520. The Kier molecular flexibility index (Phi) is 9.03. The maximum atomic E-state index is 15.8. The molecule has 0 saturated carbocycles. The molecule has 1 aromatic heterocycles. The van der Waals surface area contributed by atoms with Crippen LogP contribution in [0.1, 0.15) is 51.2 Å². The lowest BCUT2D eigenvalue weighted by Crippen LogP contribution is -2.45. The van der Waals surface area contributed by atoms with Crippen LogP contribution in [0.15, 0.2) is 48.7 Å². The molecule has 8 nitrogen and oxygen atoms in total. The first kappa shape index (κ1) is 31.9. The fourth-order valence-corrected chi connectivity index (χ4v) is 6.02. The van der Waals surface area contributed by atoms with E-state index in [0.29, 0.717) is 0 Å². The van der Waals surface area contributed by atoms with Gasteiger partial charge in [-0.3, -0.25) is 9.48 Å². The van der Waals surface area contributed by atoms with Gasteiger partial charge in [0, 0.05) is 41.4 Å². The van der Waals surface area contributed by atoms with Gasteiger partial charge in [-0.2, -0.15) is 10.4 Å². The Labute approximate surface area is 253 Å². The maximum absolute atomic E-state index is 15.8. The van der Waals surface area contributed by atoms with E-state index >= 15 is 8.78 Å². The molecule has 2 heterocycles. The average molecular weight is 621 g/mol. The SMILES string of the molecule is CC(C)(O)Cn1ccc(NC(=O)[C@@H]2N[C@@H](CC(C)(C)CO)[C@](C#N)(c3ccc(Cl)cc3F)[C@H]2c2cccc(Cl)c2F)n1. The number of nitrogens with one attached hydrogen (secondary N) is 2. The summed E-state index contributed by atoms with van der Waals surface area (Å²) in [5, 5.41) is 41.2. The van der Waals surface area contributed by atoms with Crippen LogP contribution < -0.4 is 10.6 Å². The number of carbonyl (C=O) groups excluding carboxylic acids is 1. The Morgan fingerprint density at radius 3 is 2.55 bits per heavy atom. The van der Waals surface area contributed by atoms with Gasteiger partial charge in [0.2, 0.25) is 5.91 Å². The highest BCUT2D eigenvalue weighted by molar-refractivity contribution is 6.31. The fraction of sp³-hybridized carbons (Fsp3) is 0.433. The van der Waals surface area contributed by atoms with Crippen LogP contribution in [0.25, 0.3) is 0 Å². The van der Waals surface area contributed by atoms with Gasteiger partial charge in [-0.25, -0.2) is 8.78 Å². The zero-order valence-corrected chi connectivity index (χ0v) is 25.1. The highest BCUT2D eigenvalue weighted by Gasteiger charge is 2.61. The zero-order chi connectivity index (χ0) is 31.0. The van der Waals surface area contributed by atoms with Gasteiger partial charge in [0.1, 0.15) is 17.0 Å². The highest BCUT2D eigenvalue weighted by atomic mass is 35.5. The molecule has 4 rings (SSSR count). The quantitative estimate of drug-likeness (QED) is 0.262. The number of nitriles is 1. The summed E-state index contributed by atoms with van der Waals surface area (Å²) in [6, 6.07) is 9.75. The van der Waals surface area contributed by atoms with Crippen molar-refractivity contribution in [2.75, 3.05) is 11.9 Å². The van der Waals surface area contributed by atoms with E-state index in [9.17, 15) is 20.3 Å². The van der Waals surface area contributed by atoms with Gasteiger partial charge in [0.05, 0.1) is 29.3 Å². The average Bonchev–Trinajstić information content (AvgIpc) is 3.46. The van der Waals surface area contributed by atoms with Crippen molar-refractivity contribution in [3.8, 4) is 6.07 Å². The highest BCUT2D eigenvalue weighted by Crippen LogP contribution is 2.52. The van der Waals surface area contributed by atoms with Crippen molar-refractivity contribution in [1.29, 1.82) is 5.26 Å². The van der Waals surface area contributed by atoms with E-state index in [-0.39, 0.29) is 46.6 Å². The Hall–Kier alpha value is -3.07. The second-order valence-corrected chi connectivity index (χ2v) is 13.0. The molecule has 1 aliphatic heterocycles. The minimum atomic E-state index is -1.84. The molecule has 0 aliphatic carbocycles. The molecule has 0 bridgehead atoms. The first-order chi connectivity index (χ1) is 19.6. The number of benzene rings is 2. The molecule has 12 heteroatoms. The predicted octanol–water partition coefficient (Wildman–Crippen LogP) is 5.17. The van der Waals surface area contributed by atoms with Crippen LogP contribution in [0.3, 0.4) is 0 Å². The normalized spacial score (nSPS) is 22.6. The molecular formula is C30H33Cl2F2N5O3. The van der Waals surface area contributed by atoms with E-state index < -0.39 is 52.0 Å². The van der Waals surface area contributed by atoms with Gasteiger partial charge in [-0.05, 0) is 49.4 Å². The predicted molar refractivity (Wildman–Crippen MR) is 156 cm³/mol. The van der Waals surface area contributed by atoms with Crippen LogP contribution in [-0.4, -0.2) is 50.2 Å². The monoisotopic (exact) mass is 619 g/mol. The number of anilines is 1. The standard InChI is InChI=1S/C30H33Cl2F2N5O3/c1-28(2,16-40)13-22-30(14-35,19-9-8-17(31)12-21(19)33)24(18-6-5-7-20(32)25(18)34)26(36-22)27(41)37-23-10-11-39(38-23)15-29(3,4)42/h5-12,22,24,26,36,40,42H,13,15-16H2,1-4H3,(H,37,38,41)/t22-,24-,26+,30-/m0/s1. The van der Waals surface area contributed by atoms with Crippen molar-refractivity contribution in [2.24, 2.45) is 5.41 Å². The Balaban J connectivity index is 1.89. The molecule has 1 saturated heterocycles. The summed E-state index contributed by atoms with van der Waals surface area (Å²) < 4.78 is 33.0. The van der Waals surface area contributed by atoms with E-state index in [1.807, 2.05) is 0 Å². The van der Waals surface area contributed by atoms with Crippen molar-refractivity contribution in [1.82, 2.24) is 15.1 Å². The topological polar surface area (TPSA) is 123 Å². The molecule has 0 unspecified atom stereocenters. The first-order valence-corrected chi connectivity index (χ1v) is 14.1. The van der Waals surface area contributed by atoms with Gasteiger partial charge in [0.25, 0.3) is 0 Å². The van der Waals surface area contributed by atoms with E-state index in [1.165, 1.54) is 41.1 Å². The smallest absolute Gasteiger partial charge is 0.243 e. The Morgan fingerprint density at radius 2 is 1.93 bits per heavy atom. The van der Waals surface area contributed by atoms with Crippen molar-refractivity contribution < 1.29 is 23.8 Å². The molecule has 3 aromatic rings. The largest absolute Gasteiger partial charge is 0.396 e. The minimum absolute atomic E-state index is 0.0529. The van der Waals surface area contributed by atoms with Crippen LogP contribution in [-0.2, 0) is 16.8 Å². The number of aliphatic hydroxyl groups excluding tert-OH is 1. The minimum Gasteiger partial charge on any atom is -0.396 e. The summed E-state index contributed by atoms with van der Waals surface area (Å²) in [7, 11) is 0. The maximum Gasteiger partial charge on any atom is 0.243 e. The van der Waals surface area contributed by atoms with Crippen LogP contribution in [0.4, 0.5) is 14.6 Å². The molecule has 224 valence electrons. The molecule has 0 radical (unpaired) electrons. The van der Waals surface area contributed by atoms with Crippen molar-refractivity contribution in [3.05, 3.63) is 81.5 Å². The molecule has 4 atom stereocenters. The second kappa shape index (κ2) is 11.9. The number of aliphatic hydroxyl groups is 2. The van der Waals surface area contributed by atoms with Gasteiger partial charge in [-0.15, -0.1) is 0 Å². The van der Waals surface area contributed by atoms with Gasteiger partial charge < -0.3 is 20.8 Å². The summed E-state index contributed by atoms with van der Waals surface area (Å²) in [6.07, 6.45) is 1.71. The van der Waals surface area contributed by atoms with Crippen LogP contribution in [0.2, 0.25) is 10.0 Å². The zero-order valence-electron chi connectivity index (χ0n) is 23.6. The first-order valence-electron chi connectivity index (χ1n) is 13.4. The van der Waals surface area contributed by atoms with E-state index in [2.05, 4.69) is 21.8 Å². The third-order valence-electron chi connectivity index (χ3n) is 7.54. The number of rotatable bonds is 9. The van der Waals surface area contributed by atoms with Crippen LogP contribution in [0, 0.1) is 28.4 Å². The van der Waals surface area contributed by atoms with E-state index in [0.717, 1.165) is 6.07 Å². The molecule has 2 aromatic carbocycles. The number of nitrogens with zero attached hydrogens (tertiary/aromatic N) is 3. The number of carbonyl (C=O) groups is 1. The molecule has 42 heavy (non-hydrogen) atoms. The lowest BCUT2D eigenvalue weighted by molar-refractivity contribution is -0.118. The number of hydrogen-bond donors (Lipinski definition) is 4. The van der Waals surface area contributed by atoms with Gasteiger partial charge in [0.15, 0.2) is 5.82 Å². The second-order valence-electron chi connectivity index (χ2n) is 12.1. The lowest BCUT2D eigenvalue weighted by atomic mass is 9.62. The number of hydrogen-bond acceptors (Lipinski definition) is 6. The summed E-state index contributed by atoms with van der Waals surface area (Å²) in [6.45, 7) is 6.67. The summed E-state index contributed by atoms with van der Waals surface area (Å²) in [5.41, 5.74) is -3.79. The van der Waals surface area contributed by atoms with Crippen molar-refractivity contribution in [3.63, 3.8) is 0 Å². The van der Waals surface area contributed by atoms with Gasteiger partial charge >= 0.3 is 0 Å². The van der Waals surface area contributed by atoms with Crippen molar-refractivity contribution >= 4 is 34.9 Å². The number of amides is 1.